The van der Waals surface area contributed by atoms with Gasteiger partial charge in [-0.1, -0.05) is 47.5 Å². The van der Waals surface area contributed by atoms with E-state index in [2.05, 4.69) is 5.32 Å². The zero-order valence-corrected chi connectivity index (χ0v) is 16.7. The Morgan fingerprint density at radius 3 is 2.36 bits per heavy atom. The standard InChI is InChI=1S/C22H19Cl2NO3/c1-14-2-6-17(22(26)27)11-21(14)25-12-15-3-7-18(8-4-15)28-13-16-5-9-19(23)20(24)10-16/h2-11,25H,12-13H2,1H3,(H,26,27). The van der Waals surface area contributed by atoms with Gasteiger partial charge in [-0.25, -0.2) is 4.79 Å². The van der Waals surface area contributed by atoms with E-state index in [1.807, 2.05) is 37.3 Å². The molecule has 0 bridgehead atoms. The number of benzene rings is 3. The zero-order chi connectivity index (χ0) is 20.1. The van der Waals surface area contributed by atoms with Gasteiger partial charge < -0.3 is 15.2 Å². The molecule has 0 saturated carbocycles. The molecule has 144 valence electrons. The van der Waals surface area contributed by atoms with Crippen LogP contribution in [0.4, 0.5) is 5.69 Å². The quantitative estimate of drug-likeness (QED) is 0.482. The Morgan fingerprint density at radius 1 is 0.964 bits per heavy atom. The van der Waals surface area contributed by atoms with Gasteiger partial charge in [-0.05, 0) is 60.0 Å². The molecule has 0 heterocycles. The number of rotatable bonds is 7. The molecule has 0 amide bonds. The maximum atomic E-state index is 11.1. The average molecular weight is 416 g/mol. The molecule has 28 heavy (non-hydrogen) atoms. The first-order chi connectivity index (χ1) is 13.4. The van der Waals surface area contributed by atoms with Crippen molar-refractivity contribution in [2.45, 2.75) is 20.1 Å². The van der Waals surface area contributed by atoms with Crippen molar-refractivity contribution in [1.82, 2.24) is 0 Å². The molecule has 3 rings (SSSR count). The van der Waals surface area contributed by atoms with Gasteiger partial charge in [0.1, 0.15) is 12.4 Å². The van der Waals surface area contributed by atoms with E-state index in [1.165, 1.54) is 0 Å². The Bertz CT molecular complexity index is 988. The van der Waals surface area contributed by atoms with Crippen LogP contribution in [0, 0.1) is 6.92 Å². The van der Waals surface area contributed by atoms with Gasteiger partial charge in [0, 0.05) is 12.2 Å². The van der Waals surface area contributed by atoms with Gasteiger partial charge in [-0.3, -0.25) is 0 Å². The molecule has 0 aliphatic carbocycles. The molecule has 0 saturated heterocycles. The second-order valence-corrected chi connectivity index (χ2v) is 7.18. The van der Waals surface area contributed by atoms with Gasteiger partial charge in [0.2, 0.25) is 0 Å². The minimum atomic E-state index is -0.938. The summed E-state index contributed by atoms with van der Waals surface area (Å²) in [5, 5.41) is 13.4. The maximum absolute atomic E-state index is 11.1. The van der Waals surface area contributed by atoms with Crippen LogP contribution in [-0.4, -0.2) is 11.1 Å². The molecule has 0 aliphatic heterocycles. The molecule has 6 heteroatoms. The van der Waals surface area contributed by atoms with Crippen LogP contribution in [-0.2, 0) is 13.2 Å². The van der Waals surface area contributed by atoms with E-state index in [1.54, 1.807) is 30.3 Å². The second kappa shape index (κ2) is 9.00. The lowest BCUT2D eigenvalue weighted by Crippen LogP contribution is -2.04. The number of nitrogens with one attached hydrogen (secondary N) is 1. The largest absolute Gasteiger partial charge is 0.489 e. The first kappa shape index (κ1) is 20.1. The van der Waals surface area contributed by atoms with E-state index < -0.39 is 5.97 Å². The van der Waals surface area contributed by atoms with Crippen LogP contribution in [0.5, 0.6) is 5.75 Å². The number of hydrogen-bond acceptors (Lipinski definition) is 3. The number of hydrogen-bond donors (Lipinski definition) is 2. The van der Waals surface area contributed by atoms with Crippen LogP contribution >= 0.6 is 23.2 Å². The smallest absolute Gasteiger partial charge is 0.335 e. The lowest BCUT2D eigenvalue weighted by molar-refractivity contribution is 0.0697. The summed E-state index contributed by atoms with van der Waals surface area (Å²) in [5.41, 5.74) is 4.06. The van der Waals surface area contributed by atoms with Crippen LogP contribution < -0.4 is 10.1 Å². The fourth-order valence-corrected chi connectivity index (χ4v) is 2.96. The molecule has 4 nitrogen and oxygen atoms in total. The normalized spacial score (nSPS) is 10.5. The van der Waals surface area contributed by atoms with Gasteiger partial charge in [0.05, 0.1) is 15.6 Å². The molecule has 3 aromatic rings. The molecule has 0 spiro atoms. The Morgan fingerprint density at radius 2 is 1.68 bits per heavy atom. The van der Waals surface area contributed by atoms with E-state index in [4.69, 9.17) is 33.0 Å². The van der Waals surface area contributed by atoms with Crippen LogP contribution in [0.2, 0.25) is 10.0 Å². The predicted octanol–water partition coefficient (Wildman–Crippen LogP) is 6.19. The minimum absolute atomic E-state index is 0.263. The fourth-order valence-electron chi connectivity index (χ4n) is 2.64. The topological polar surface area (TPSA) is 58.6 Å². The number of aryl methyl sites for hydroxylation is 1. The van der Waals surface area contributed by atoms with E-state index >= 15 is 0 Å². The first-order valence-corrected chi connectivity index (χ1v) is 9.41. The third-order valence-corrected chi connectivity index (χ3v) is 5.02. The third kappa shape index (κ3) is 5.18. The zero-order valence-electron chi connectivity index (χ0n) is 15.2. The second-order valence-electron chi connectivity index (χ2n) is 6.37. The lowest BCUT2D eigenvalue weighted by Gasteiger charge is -2.12. The summed E-state index contributed by atoms with van der Waals surface area (Å²) in [6.07, 6.45) is 0. The minimum Gasteiger partial charge on any atom is -0.489 e. The highest BCUT2D eigenvalue weighted by Crippen LogP contribution is 2.24. The van der Waals surface area contributed by atoms with Crippen LogP contribution in [0.15, 0.2) is 60.7 Å². The summed E-state index contributed by atoms with van der Waals surface area (Å²) in [5.74, 6) is -0.189. The van der Waals surface area contributed by atoms with Gasteiger partial charge >= 0.3 is 5.97 Å². The average Bonchev–Trinajstić information content (AvgIpc) is 2.69. The van der Waals surface area contributed by atoms with Gasteiger partial charge in [-0.15, -0.1) is 0 Å². The molecular formula is C22H19Cl2NO3. The third-order valence-electron chi connectivity index (χ3n) is 4.28. The monoisotopic (exact) mass is 415 g/mol. The molecule has 0 radical (unpaired) electrons. The summed E-state index contributed by atoms with van der Waals surface area (Å²) in [6.45, 7) is 2.92. The summed E-state index contributed by atoms with van der Waals surface area (Å²) >= 11 is 11.9. The highest BCUT2D eigenvalue weighted by molar-refractivity contribution is 6.42. The number of ether oxygens (including phenoxy) is 1. The molecular weight excluding hydrogens is 397 g/mol. The van der Waals surface area contributed by atoms with E-state index in [9.17, 15) is 4.79 Å². The molecule has 0 atom stereocenters. The Hall–Kier alpha value is -2.69. The number of carboxylic acids is 1. The fraction of sp³-hybridized carbons (Fsp3) is 0.136. The van der Waals surface area contributed by atoms with Crippen LogP contribution in [0.3, 0.4) is 0 Å². The van der Waals surface area contributed by atoms with Crippen molar-refractivity contribution in [3.05, 3.63) is 93.0 Å². The Balaban J connectivity index is 1.58. The summed E-state index contributed by atoms with van der Waals surface area (Å²) in [6, 6.07) is 18.2. The van der Waals surface area contributed by atoms with Crippen molar-refractivity contribution in [3.63, 3.8) is 0 Å². The first-order valence-electron chi connectivity index (χ1n) is 8.66. The van der Waals surface area contributed by atoms with E-state index in [0.717, 1.165) is 28.1 Å². The summed E-state index contributed by atoms with van der Waals surface area (Å²) < 4.78 is 5.78. The number of aromatic carboxylic acids is 1. The van der Waals surface area contributed by atoms with Crippen LogP contribution in [0.25, 0.3) is 0 Å². The van der Waals surface area contributed by atoms with Gasteiger partial charge in [0.25, 0.3) is 0 Å². The molecule has 0 aliphatic rings. The summed E-state index contributed by atoms with van der Waals surface area (Å²) in [7, 11) is 0. The van der Waals surface area contributed by atoms with Crippen LogP contribution in [0.1, 0.15) is 27.0 Å². The number of carboxylic acid groups (broad SMARTS) is 1. The SMILES string of the molecule is Cc1ccc(C(=O)O)cc1NCc1ccc(OCc2ccc(Cl)c(Cl)c2)cc1. The van der Waals surface area contributed by atoms with Gasteiger partial charge in [0.15, 0.2) is 0 Å². The Labute approximate surface area is 173 Å². The van der Waals surface area contributed by atoms with Crippen molar-refractivity contribution in [2.24, 2.45) is 0 Å². The van der Waals surface area contributed by atoms with Crippen molar-refractivity contribution in [3.8, 4) is 5.75 Å². The van der Waals surface area contributed by atoms with Crippen molar-refractivity contribution < 1.29 is 14.6 Å². The number of halogens is 2. The highest BCUT2D eigenvalue weighted by Gasteiger charge is 2.06. The number of anilines is 1. The lowest BCUT2D eigenvalue weighted by atomic mass is 10.1. The van der Waals surface area contributed by atoms with E-state index in [-0.39, 0.29) is 5.56 Å². The summed E-state index contributed by atoms with van der Waals surface area (Å²) in [4.78, 5) is 11.1. The van der Waals surface area contributed by atoms with Crippen molar-refractivity contribution in [1.29, 1.82) is 0 Å². The molecule has 3 aromatic carbocycles. The van der Waals surface area contributed by atoms with Crippen molar-refractivity contribution >= 4 is 34.9 Å². The number of carbonyl (C=O) groups is 1. The Kier molecular flexibility index (Phi) is 6.45. The molecule has 0 fully saturated rings. The van der Waals surface area contributed by atoms with Crippen molar-refractivity contribution in [2.75, 3.05) is 5.32 Å². The highest BCUT2D eigenvalue weighted by atomic mass is 35.5. The van der Waals surface area contributed by atoms with Gasteiger partial charge in [-0.2, -0.15) is 0 Å². The molecule has 0 aromatic heterocycles. The maximum Gasteiger partial charge on any atom is 0.335 e. The van der Waals surface area contributed by atoms with E-state index in [0.29, 0.717) is 23.2 Å². The molecule has 2 N–H and O–H groups in total. The molecule has 0 unspecified atom stereocenters. The predicted molar refractivity (Wildman–Crippen MR) is 113 cm³/mol.